The number of benzene rings is 1. The first-order valence-electron chi connectivity index (χ1n) is 6.28. The highest BCUT2D eigenvalue weighted by molar-refractivity contribution is 6.09. The predicted molar refractivity (Wildman–Crippen MR) is 80.9 cm³/mol. The van der Waals surface area contributed by atoms with Gasteiger partial charge in [-0.05, 0) is 18.2 Å². The van der Waals surface area contributed by atoms with E-state index in [1.165, 1.54) is 19.1 Å². The van der Waals surface area contributed by atoms with Gasteiger partial charge in [0.05, 0.1) is 19.8 Å². The van der Waals surface area contributed by atoms with Crippen molar-refractivity contribution in [1.29, 1.82) is 0 Å². The third-order valence-electron chi connectivity index (χ3n) is 3.14. The highest BCUT2D eigenvalue weighted by atomic mass is 16.5. The predicted octanol–water partition coefficient (Wildman–Crippen LogP) is 1.96. The number of carbonyl (C=O) groups excluding carboxylic acids is 1. The lowest BCUT2D eigenvalue weighted by atomic mass is 10.1. The average Bonchev–Trinajstić information content (AvgIpc) is 2.54. The van der Waals surface area contributed by atoms with E-state index < -0.39 is 0 Å². The van der Waals surface area contributed by atoms with Crippen molar-refractivity contribution in [2.75, 3.05) is 31.9 Å². The molecule has 0 aliphatic rings. The van der Waals surface area contributed by atoms with Gasteiger partial charge in [0.25, 0.3) is 5.91 Å². The molecule has 0 bridgehead atoms. The van der Waals surface area contributed by atoms with Crippen molar-refractivity contribution in [1.82, 2.24) is 4.98 Å². The van der Waals surface area contributed by atoms with Crippen LogP contribution < -0.4 is 20.1 Å². The SMILES string of the molecule is COc1cc(N)c(C(=O)N(C)c2ccncc2)cc1OC. The fraction of sp³-hybridized carbons (Fsp3) is 0.200. The summed E-state index contributed by atoms with van der Waals surface area (Å²) in [4.78, 5) is 18.0. The number of ether oxygens (including phenoxy) is 2. The van der Waals surface area contributed by atoms with Crippen molar-refractivity contribution >= 4 is 17.3 Å². The van der Waals surface area contributed by atoms with Gasteiger partial charge in [-0.2, -0.15) is 0 Å². The summed E-state index contributed by atoms with van der Waals surface area (Å²) in [6.45, 7) is 0. The molecule has 0 atom stereocenters. The number of amides is 1. The van der Waals surface area contributed by atoms with Gasteiger partial charge in [-0.25, -0.2) is 0 Å². The second-order valence-corrected chi connectivity index (χ2v) is 4.36. The zero-order chi connectivity index (χ0) is 15.4. The van der Waals surface area contributed by atoms with Crippen LogP contribution in [-0.2, 0) is 0 Å². The molecule has 0 saturated carbocycles. The number of carbonyl (C=O) groups is 1. The van der Waals surface area contributed by atoms with Crippen molar-refractivity contribution in [3.8, 4) is 11.5 Å². The minimum absolute atomic E-state index is 0.236. The van der Waals surface area contributed by atoms with Crippen molar-refractivity contribution in [3.05, 3.63) is 42.2 Å². The first-order valence-corrected chi connectivity index (χ1v) is 6.28. The summed E-state index contributed by atoms with van der Waals surface area (Å²) in [5.41, 5.74) is 7.35. The van der Waals surface area contributed by atoms with Crippen molar-refractivity contribution in [2.45, 2.75) is 0 Å². The van der Waals surface area contributed by atoms with Crippen LogP contribution in [0.4, 0.5) is 11.4 Å². The lowest BCUT2D eigenvalue weighted by Gasteiger charge is -2.19. The first-order chi connectivity index (χ1) is 10.1. The Hall–Kier alpha value is -2.76. The zero-order valence-electron chi connectivity index (χ0n) is 12.2. The van der Waals surface area contributed by atoms with Gasteiger partial charge in [-0.3, -0.25) is 9.78 Å². The van der Waals surface area contributed by atoms with Crippen LogP contribution >= 0.6 is 0 Å². The van der Waals surface area contributed by atoms with Crippen LogP contribution in [0.3, 0.4) is 0 Å². The smallest absolute Gasteiger partial charge is 0.260 e. The van der Waals surface area contributed by atoms with E-state index in [1.807, 2.05) is 0 Å². The maximum Gasteiger partial charge on any atom is 0.260 e. The Balaban J connectivity index is 2.39. The largest absolute Gasteiger partial charge is 0.493 e. The minimum Gasteiger partial charge on any atom is -0.493 e. The molecule has 0 aliphatic heterocycles. The maximum atomic E-state index is 12.6. The van der Waals surface area contributed by atoms with Crippen LogP contribution in [0.1, 0.15) is 10.4 Å². The Labute approximate surface area is 123 Å². The van der Waals surface area contributed by atoms with Gasteiger partial charge in [0.15, 0.2) is 11.5 Å². The monoisotopic (exact) mass is 287 g/mol. The summed E-state index contributed by atoms with van der Waals surface area (Å²) in [6, 6.07) is 6.64. The summed E-state index contributed by atoms with van der Waals surface area (Å²) >= 11 is 0. The van der Waals surface area contributed by atoms with Crippen LogP contribution in [-0.4, -0.2) is 32.2 Å². The molecule has 6 heteroatoms. The fourth-order valence-corrected chi connectivity index (χ4v) is 1.95. The topological polar surface area (TPSA) is 77.7 Å². The number of hydrogen-bond donors (Lipinski definition) is 1. The van der Waals surface area contributed by atoms with Gasteiger partial charge in [-0.1, -0.05) is 0 Å². The Kier molecular flexibility index (Phi) is 4.27. The molecule has 21 heavy (non-hydrogen) atoms. The van der Waals surface area contributed by atoms with Crippen molar-refractivity contribution in [2.24, 2.45) is 0 Å². The molecule has 0 saturated heterocycles. The number of nitrogens with two attached hydrogens (primary N) is 1. The van der Waals surface area contributed by atoms with E-state index in [0.29, 0.717) is 22.7 Å². The first kappa shape index (κ1) is 14.6. The minimum atomic E-state index is -0.236. The van der Waals surface area contributed by atoms with Crippen molar-refractivity contribution in [3.63, 3.8) is 0 Å². The molecule has 0 fully saturated rings. The number of rotatable bonds is 4. The van der Waals surface area contributed by atoms with E-state index in [-0.39, 0.29) is 5.91 Å². The third-order valence-corrected chi connectivity index (χ3v) is 3.14. The number of nitrogen functional groups attached to an aromatic ring is 1. The second kappa shape index (κ2) is 6.13. The molecule has 1 amide bonds. The molecule has 0 unspecified atom stereocenters. The highest BCUT2D eigenvalue weighted by Crippen LogP contribution is 2.32. The van der Waals surface area contributed by atoms with E-state index in [0.717, 1.165) is 5.69 Å². The lowest BCUT2D eigenvalue weighted by Crippen LogP contribution is -2.27. The highest BCUT2D eigenvalue weighted by Gasteiger charge is 2.19. The van der Waals surface area contributed by atoms with Crippen LogP contribution in [0, 0.1) is 0 Å². The summed E-state index contributed by atoms with van der Waals surface area (Å²) in [7, 11) is 4.70. The molecular formula is C15H17N3O3. The Morgan fingerprint density at radius 1 is 1.14 bits per heavy atom. The molecular weight excluding hydrogens is 270 g/mol. The molecule has 6 nitrogen and oxygen atoms in total. The summed E-state index contributed by atoms with van der Waals surface area (Å²) in [5, 5.41) is 0. The molecule has 2 aromatic rings. The number of pyridine rings is 1. The third kappa shape index (κ3) is 2.89. The summed E-state index contributed by atoms with van der Waals surface area (Å²) in [6.07, 6.45) is 3.24. The molecule has 0 aliphatic carbocycles. The van der Waals surface area contributed by atoms with Crippen molar-refractivity contribution < 1.29 is 14.3 Å². The standard InChI is InChI=1S/C15H17N3O3/c1-18(10-4-6-17-7-5-10)15(19)11-8-13(20-2)14(21-3)9-12(11)16/h4-9H,16H2,1-3H3. The number of hydrogen-bond acceptors (Lipinski definition) is 5. The van der Waals surface area contributed by atoms with Crippen LogP contribution in [0.2, 0.25) is 0 Å². The Morgan fingerprint density at radius 2 is 1.71 bits per heavy atom. The normalized spacial score (nSPS) is 10.0. The van der Waals surface area contributed by atoms with Gasteiger partial charge in [0.2, 0.25) is 0 Å². The van der Waals surface area contributed by atoms with E-state index in [9.17, 15) is 4.79 Å². The van der Waals surface area contributed by atoms with E-state index in [2.05, 4.69) is 4.98 Å². The van der Waals surface area contributed by atoms with E-state index >= 15 is 0 Å². The van der Waals surface area contributed by atoms with Gasteiger partial charge in [0.1, 0.15) is 0 Å². The van der Waals surface area contributed by atoms with E-state index in [1.54, 1.807) is 43.7 Å². The molecule has 0 spiro atoms. The second-order valence-electron chi connectivity index (χ2n) is 4.36. The quantitative estimate of drug-likeness (QED) is 0.870. The molecule has 110 valence electrons. The average molecular weight is 287 g/mol. The zero-order valence-corrected chi connectivity index (χ0v) is 12.2. The number of nitrogens with zero attached hydrogens (tertiary/aromatic N) is 2. The number of anilines is 2. The van der Waals surface area contributed by atoms with Gasteiger partial charge >= 0.3 is 0 Å². The molecule has 0 radical (unpaired) electrons. The van der Waals surface area contributed by atoms with Crippen LogP contribution in [0.5, 0.6) is 11.5 Å². The van der Waals surface area contributed by atoms with Gasteiger partial charge in [-0.15, -0.1) is 0 Å². The lowest BCUT2D eigenvalue weighted by molar-refractivity contribution is 0.0993. The summed E-state index contributed by atoms with van der Waals surface area (Å²) in [5.74, 6) is 0.705. The molecule has 1 aromatic carbocycles. The van der Waals surface area contributed by atoms with Gasteiger partial charge in [0, 0.05) is 36.9 Å². The molecule has 1 heterocycles. The number of methoxy groups -OCH3 is 2. The maximum absolute atomic E-state index is 12.6. The van der Waals surface area contributed by atoms with E-state index in [4.69, 9.17) is 15.2 Å². The van der Waals surface area contributed by atoms with Gasteiger partial charge < -0.3 is 20.1 Å². The molecule has 2 N–H and O–H groups in total. The van der Waals surface area contributed by atoms with Crippen LogP contribution in [0.15, 0.2) is 36.7 Å². The van der Waals surface area contributed by atoms with Crippen LogP contribution in [0.25, 0.3) is 0 Å². The Bertz CT molecular complexity index is 644. The molecule has 2 rings (SSSR count). The fourth-order valence-electron chi connectivity index (χ4n) is 1.95. The summed E-state index contributed by atoms with van der Waals surface area (Å²) < 4.78 is 10.4. The number of aromatic nitrogens is 1. The Morgan fingerprint density at radius 3 is 2.29 bits per heavy atom. The molecule has 1 aromatic heterocycles.